The van der Waals surface area contributed by atoms with Crippen LogP contribution in [0, 0.1) is 13.8 Å². The normalized spacial score (nSPS) is 17.3. The lowest BCUT2D eigenvalue weighted by atomic mass is 10.0. The van der Waals surface area contributed by atoms with Gasteiger partial charge in [-0.1, -0.05) is 0 Å². The van der Waals surface area contributed by atoms with Crippen LogP contribution in [0.1, 0.15) is 42.3 Å². The van der Waals surface area contributed by atoms with Crippen molar-refractivity contribution < 1.29 is 0 Å². The van der Waals surface area contributed by atoms with Gasteiger partial charge >= 0.3 is 0 Å². The average molecular weight is 374 g/mol. The van der Waals surface area contributed by atoms with Crippen LogP contribution in [0.5, 0.6) is 0 Å². The summed E-state index contributed by atoms with van der Waals surface area (Å²) in [6.45, 7) is 8.32. The molecule has 132 valence electrons. The van der Waals surface area contributed by atoms with Crippen LogP contribution in [-0.2, 0) is 0 Å². The van der Waals surface area contributed by atoms with E-state index in [1.165, 1.54) is 5.39 Å². The van der Waals surface area contributed by atoms with Crippen molar-refractivity contribution in [2.75, 3.05) is 18.0 Å². The SMILES string of the molecule is Cc1nc(N2CCC(NC(C)c3csc(C)n3)CC2)c2ccsc2n1. The highest BCUT2D eigenvalue weighted by Gasteiger charge is 2.24. The summed E-state index contributed by atoms with van der Waals surface area (Å²) in [6.07, 6.45) is 2.25. The minimum absolute atomic E-state index is 0.311. The van der Waals surface area contributed by atoms with Crippen molar-refractivity contribution in [1.29, 1.82) is 0 Å². The van der Waals surface area contributed by atoms with Crippen LogP contribution in [0.25, 0.3) is 10.2 Å². The Bertz CT molecular complexity index is 863. The third-order valence-corrected chi connectivity index (χ3v) is 6.38. The van der Waals surface area contributed by atoms with Gasteiger partial charge in [-0.3, -0.25) is 0 Å². The van der Waals surface area contributed by atoms with E-state index in [4.69, 9.17) is 4.98 Å². The highest BCUT2D eigenvalue weighted by Crippen LogP contribution is 2.30. The Balaban J connectivity index is 1.42. The first-order chi connectivity index (χ1) is 12.1. The summed E-state index contributed by atoms with van der Waals surface area (Å²) < 4.78 is 0. The first kappa shape index (κ1) is 16.9. The summed E-state index contributed by atoms with van der Waals surface area (Å²) in [5.41, 5.74) is 1.16. The van der Waals surface area contributed by atoms with Gasteiger partial charge in [0.25, 0.3) is 0 Å². The molecule has 25 heavy (non-hydrogen) atoms. The van der Waals surface area contributed by atoms with Crippen LogP contribution < -0.4 is 10.2 Å². The lowest BCUT2D eigenvalue weighted by Gasteiger charge is -2.34. The average Bonchev–Trinajstić information content (AvgIpc) is 3.23. The van der Waals surface area contributed by atoms with Crippen molar-refractivity contribution >= 4 is 38.7 Å². The number of nitrogens with zero attached hydrogens (tertiary/aromatic N) is 4. The second kappa shape index (κ2) is 6.97. The van der Waals surface area contributed by atoms with E-state index < -0.39 is 0 Å². The van der Waals surface area contributed by atoms with Gasteiger partial charge in [-0.15, -0.1) is 22.7 Å². The Morgan fingerprint density at radius 1 is 1.16 bits per heavy atom. The first-order valence-corrected chi connectivity index (χ1v) is 10.5. The van der Waals surface area contributed by atoms with Gasteiger partial charge in [-0.25, -0.2) is 15.0 Å². The van der Waals surface area contributed by atoms with Crippen molar-refractivity contribution in [3.05, 3.63) is 33.4 Å². The van der Waals surface area contributed by atoms with Crippen LogP contribution in [-0.4, -0.2) is 34.1 Å². The predicted octanol–water partition coefficient (Wildman–Crippen LogP) is 4.08. The molecule has 1 aliphatic heterocycles. The number of piperidine rings is 1. The summed E-state index contributed by atoms with van der Waals surface area (Å²) in [5, 5.41) is 10.3. The van der Waals surface area contributed by atoms with E-state index in [1.54, 1.807) is 22.7 Å². The second-order valence-electron chi connectivity index (χ2n) is 6.67. The third-order valence-electron chi connectivity index (χ3n) is 4.78. The molecule has 7 heteroatoms. The van der Waals surface area contributed by atoms with E-state index in [9.17, 15) is 0 Å². The number of thiophene rings is 1. The summed E-state index contributed by atoms with van der Waals surface area (Å²) in [6, 6.07) is 2.99. The van der Waals surface area contributed by atoms with Crippen LogP contribution >= 0.6 is 22.7 Å². The van der Waals surface area contributed by atoms with E-state index in [0.717, 1.165) is 53.1 Å². The van der Waals surface area contributed by atoms with Gasteiger partial charge in [0, 0.05) is 30.6 Å². The van der Waals surface area contributed by atoms with Gasteiger partial charge in [0.1, 0.15) is 16.5 Å². The Labute approximate surface area is 156 Å². The van der Waals surface area contributed by atoms with E-state index in [-0.39, 0.29) is 0 Å². The first-order valence-electron chi connectivity index (χ1n) is 8.75. The molecule has 0 spiro atoms. The van der Waals surface area contributed by atoms with Crippen LogP contribution in [0.3, 0.4) is 0 Å². The number of hydrogen-bond acceptors (Lipinski definition) is 7. The number of nitrogens with one attached hydrogen (secondary N) is 1. The maximum atomic E-state index is 4.73. The number of anilines is 1. The van der Waals surface area contributed by atoms with E-state index in [0.29, 0.717) is 12.1 Å². The van der Waals surface area contributed by atoms with Crippen molar-refractivity contribution in [2.45, 2.75) is 45.7 Å². The molecular weight excluding hydrogens is 350 g/mol. The topological polar surface area (TPSA) is 53.9 Å². The summed E-state index contributed by atoms with van der Waals surface area (Å²) >= 11 is 3.42. The smallest absolute Gasteiger partial charge is 0.141 e. The van der Waals surface area contributed by atoms with Crippen LogP contribution in [0.4, 0.5) is 5.82 Å². The van der Waals surface area contributed by atoms with Gasteiger partial charge in [0.15, 0.2) is 0 Å². The fraction of sp³-hybridized carbons (Fsp3) is 0.500. The molecule has 1 aliphatic rings. The molecule has 1 saturated heterocycles. The van der Waals surface area contributed by atoms with Gasteiger partial charge in [-0.2, -0.15) is 0 Å². The number of rotatable bonds is 4. The van der Waals surface area contributed by atoms with Crippen molar-refractivity contribution in [3.8, 4) is 0 Å². The van der Waals surface area contributed by atoms with Crippen molar-refractivity contribution in [3.63, 3.8) is 0 Å². The van der Waals surface area contributed by atoms with Crippen molar-refractivity contribution in [1.82, 2.24) is 20.3 Å². The number of thiazole rings is 1. The minimum atomic E-state index is 0.311. The quantitative estimate of drug-likeness (QED) is 0.747. The third kappa shape index (κ3) is 3.54. The Morgan fingerprint density at radius 2 is 1.96 bits per heavy atom. The van der Waals surface area contributed by atoms with E-state index in [1.807, 2.05) is 6.92 Å². The summed E-state index contributed by atoms with van der Waals surface area (Å²) in [7, 11) is 0. The molecule has 0 saturated carbocycles. The number of aromatic nitrogens is 3. The molecule has 1 atom stereocenters. The highest BCUT2D eigenvalue weighted by atomic mass is 32.1. The molecule has 5 nitrogen and oxygen atoms in total. The molecule has 0 aliphatic carbocycles. The number of hydrogen-bond donors (Lipinski definition) is 1. The molecule has 0 radical (unpaired) electrons. The second-order valence-corrected chi connectivity index (χ2v) is 8.63. The lowest BCUT2D eigenvalue weighted by Crippen LogP contribution is -2.43. The molecule has 1 N–H and O–H groups in total. The highest BCUT2D eigenvalue weighted by molar-refractivity contribution is 7.16. The zero-order valence-electron chi connectivity index (χ0n) is 14.8. The maximum Gasteiger partial charge on any atom is 0.141 e. The monoisotopic (exact) mass is 373 g/mol. The lowest BCUT2D eigenvalue weighted by molar-refractivity contribution is 0.377. The molecule has 3 aromatic heterocycles. The largest absolute Gasteiger partial charge is 0.356 e. The minimum Gasteiger partial charge on any atom is -0.356 e. The van der Waals surface area contributed by atoms with Crippen LogP contribution in [0.15, 0.2) is 16.8 Å². The molecule has 4 rings (SSSR count). The van der Waals surface area contributed by atoms with Gasteiger partial charge < -0.3 is 10.2 Å². The number of fused-ring (bicyclic) bond motifs is 1. The molecule has 0 bridgehead atoms. The standard InChI is InChI=1S/C18H23N5S2/c1-11(16-10-25-13(3)22-16)19-14-4-7-23(8-5-14)17-15-6-9-24-18(15)21-12(2)20-17/h6,9-11,14,19H,4-5,7-8H2,1-3H3. The predicted molar refractivity (Wildman–Crippen MR) is 106 cm³/mol. The zero-order chi connectivity index (χ0) is 17.4. The Morgan fingerprint density at radius 3 is 2.68 bits per heavy atom. The van der Waals surface area contributed by atoms with Gasteiger partial charge in [-0.05, 0) is 45.1 Å². The maximum absolute atomic E-state index is 4.73. The summed E-state index contributed by atoms with van der Waals surface area (Å²) in [5.74, 6) is 1.96. The summed E-state index contributed by atoms with van der Waals surface area (Å²) in [4.78, 5) is 17.4. The van der Waals surface area contributed by atoms with E-state index >= 15 is 0 Å². The van der Waals surface area contributed by atoms with Gasteiger partial charge in [0.2, 0.25) is 0 Å². The fourth-order valence-electron chi connectivity index (χ4n) is 3.46. The fourth-order valence-corrected chi connectivity index (χ4v) is 4.97. The Hall–Kier alpha value is -1.57. The van der Waals surface area contributed by atoms with E-state index in [2.05, 4.69) is 50.9 Å². The van der Waals surface area contributed by atoms with Crippen molar-refractivity contribution in [2.24, 2.45) is 0 Å². The van der Waals surface area contributed by atoms with Gasteiger partial charge in [0.05, 0.1) is 16.1 Å². The van der Waals surface area contributed by atoms with Crippen LogP contribution in [0.2, 0.25) is 0 Å². The molecule has 3 aromatic rings. The molecule has 4 heterocycles. The number of aryl methyl sites for hydroxylation is 2. The molecule has 1 fully saturated rings. The Kier molecular flexibility index (Phi) is 4.71. The molecule has 0 aromatic carbocycles. The zero-order valence-corrected chi connectivity index (χ0v) is 16.5. The molecule has 1 unspecified atom stereocenters. The molecule has 0 amide bonds. The molecular formula is C18H23N5S2.